The van der Waals surface area contributed by atoms with Gasteiger partial charge in [-0.3, -0.25) is 4.79 Å². The van der Waals surface area contributed by atoms with E-state index >= 15 is 0 Å². The second-order valence-corrected chi connectivity index (χ2v) is 5.29. The molecular formula is C13H25NO2. The van der Waals surface area contributed by atoms with Gasteiger partial charge in [-0.25, -0.2) is 0 Å². The third-order valence-corrected chi connectivity index (χ3v) is 3.69. The molecule has 94 valence electrons. The van der Waals surface area contributed by atoms with E-state index in [1.807, 2.05) is 0 Å². The summed E-state index contributed by atoms with van der Waals surface area (Å²) in [7, 11) is 3.80. The minimum absolute atomic E-state index is 0.244. The van der Waals surface area contributed by atoms with Crippen LogP contribution in [0.15, 0.2) is 0 Å². The smallest absolute Gasteiger partial charge is 0.137 e. The normalized spacial score (nSPS) is 28.4. The third-order valence-electron chi connectivity index (χ3n) is 3.69. The molecule has 0 bridgehead atoms. The van der Waals surface area contributed by atoms with Crippen LogP contribution in [0.2, 0.25) is 0 Å². The first-order chi connectivity index (χ1) is 7.54. The van der Waals surface area contributed by atoms with Crippen molar-refractivity contribution >= 4 is 5.78 Å². The Labute approximate surface area is 99.1 Å². The van der Waals surface area contributed by atoms with Gasteiger partial charge >= 0.3 is 0 Å². The van der Waals surface area contributed by atoms with Gasteiger partial charge in [0.05, 0.1) is 6.61 Å². The van der Waals surface area contributed by atoms with Crippen molar-refractivity contribution in [3.63, 3.8) is 0 Å². The summed E-state index contributed by atoms with van der Waals surface area (Å²) in [6, 6.07) is 0.384. The molecule has 0 aromatic rings. The van der Waals surface area contributed by atoms with E-state index in [-0.39, 0.29) is 5.92 Å². The van der Waals surface area contributed by atoms with Gasteiger partial charge < -0.3 is 9.64 Å². The van der Waals surface area contributed by atoms with Gasteiger partial charge in [-0.05, 0) is 32.7 Å². The predicted octanol–water partition coefficient (Wildman–Crippen LogP) is 1.96. The molecule has 1 aliphatic carbocycles. The summed E-state index contributed by atoms with van der Waals surface area (Å²) in [5.74, 6) is 1.40. The average Bonchev–Trinajstić information content (AvgIpc) is 2.23. The Morgan fingerprint density at radius 1 is 1.56 bits per heavy atom. The van der Waals surface area contributed by atoms with Crippen molar-refractivity contribution < 1.29 is 9.53 Å². The summed E-state index contributed by atoms with van der Waals surface area (Å²) < 4.78 is 5.14. The monoisotopic (exact) mass is 227 g/mol. The van der Waals surface area contributed by atoms with E-state index in [0.29, 0.717) is 17.7 Å². The standard InChI is InChI=1S/C13H25NO2/c1-10-5-6-13(15)12(7-10)8-14(3)11(2)9-16-4/h10-12H,5-9H2,1-4H3. The van der Waals surface area contributed by atoms with E-state index in [0.717, 1.165) is 32.4 Å². The zero-order chi connectivity index (χ0) is 12.1. The number of likely N-dealkylation sites (N-methyl/N-ethyl adjacent to an activating group) is 1. The second kappa shape index (κ2) is 6.36. The summed E-state index contributed by atoms with van der Waals surface area (Å²) in [6.45, 7) is 6.00. The minimum Gasteiger partial charge on any atom is -0.383 e. The highest BCUT2D eigenvalue weighted by molar-refractivity contribution is 5.81. The molecule has 0 spiro atoms. The number of hydrogen-bond donors (Lipinski definition) is 0. The molecule has 1 rings (SSSR count). The van der Waals surface area contributed by atoms with Crippen LogP contribution in [0, 0.1) is 11.8 Å². The highest BCUT2D eigenvalue weighted by atomic mass is 16.5. The van der Waals surface area contributed by atoms with Gasteiger partial charge in [-0.1, -0.05) is 6.92 Å². The van der Waals surface area contributed by atoms with E-state index in [2.05, 4.69) is 25.8 Å². The molecule has 0 amide bonds. The van der Waals surface area contributed by atoms with E-state index in [1.54, 1.807) is 7.11 Å². The van der Waals surface area contributed by atoms with Crippen molar-refractivity contribution in [3.05, 3.63) is 0 Å². The quantitative estimate of drug-likeness (QED) is 0.719. The van der Waals surface area contributed by atoms with Crippen molar-refractivity contribution in [2.75, 3.05) is 27.3 Å². The van der Waals surface area contributed by atoms with Crippen molar-refractivity contribution in [1.29, 1.82) is 0 Å². The van der Waals surface area contributed by atoms with Gasteiger partial charge in [0, 0.05) is 32.0 Å². The highest BCUT2D eigenvalue weighted by Crippen LogP contribution is 2.26. The van der Waals surface area contributed by atoms with Crippen LogP contribution in [0.1, 0.15) is 33.1 Å². The number of ether oxygens (including phenoxy) is 1. The molecule has 0 aromatic heterocycles. The Kier molecular flexibility index (Phi) is 5.42. The first kappa shape index (κ1) is 13.7. The number of hydrogen-bond acceptors (Lipinski definition) is 3. The molecule has 0 aliphatic heterocycles. The molecule has 3 atom stereocenters. The fraction of sp³-hybridized carbons (Fsp3) is 0.923. The topological polar surface area (TPSA) is 29.5 Å². The minimum atomic E-state index is 0.244. The Morgan fingerprint density at radius 2 is 2.25 bits per heavy atom. The maximum Gasteiger partial charge on any atom is 0.137 e. The number of Topliss-reactive ketones (excluding diaryl/α,β-unsaturated/α-hetero) is 1. The van der Waals surface area contributed by atoms with Gasteiger partial charge in [0.25, 0.3) is 0 Å². The first-order valence-electron chi connectivity index (χ1n) is 6.26. The molecule has 3 heteroatoms. The Morgan fingerprint density at radius 3 is 2.88 bits per heavy atom. The zero-order valence-corrected chi connectivity index (χ0v) is 11.0. The second-order valence-electron chi connectivity index (χ2n) is 5.29. The number of carbonyl (C=O) groups excluding carboxylic acids is 1. The van der Waals surface area contributed by atoms with Crippen molar-refractivity contribution in [2.45, 2.75) is 39.2 Å². The van der Waals surface area contributed by atoms with Crippen molar-refractivity contribution in [1.82, 2.24) is 4.90 Å². The number of methoxy groups -OCH3 is 1. The summed E-state index contributed by atoms with van der Waals surface area (Å²) >= 11 is 0. The number of rotatable bonds is 5. The van der Waals surface area contributed by atoms with E-state index in [4.69, 9.17) is 4.74 Å². The van der Waals surface area contributed by atoms with Gasteiger partial charge in [0.1, 0.15) is 5.78 Å². The molecule has 0 heterocycles. The Hall–Kier alpha value is -0.410. The molecule has 3 nitrogen and oxygen atoms in total. The molecule has 0 saturated heterocycles. The lowest BCUT2D eigenvalue weighted by molar-refractivity contribution is -0.126. The predicted molar refractivity (Wildman–Crippen MR) is 65.5 cm³/mol. The molecule has 3 unspecified atom stereocenters. The van der Waals surface area contributed by atoms with Crippen molar-refractivity contribution in [2.24, 2.45) is 11.8 Å². The van der Waals surface area contributed by atoms with E-state index in [1.165, 1.54) is 0 Å². The largest absolute Gasteiger partial charge is 0.383 e. The van der Waals surface area contributed by atoms with Gasteiger partial charge in [0.15, 0.2) is 0 Å². The van der Waals surface area contributed by atoms with Crippen LogP contribution in [-0.4, -0.2) is 44.0 Å². The van der Waals surface area contributed by atoms with Gasteiger partial charge in [-0.2, -0.15) is 0 Å². The van der Waals surface area contributed by atoms with E-state index in [9.17, 15) is 4.79 Å². The van der Waals surface area contributed by atoms with Crippen LogP contribution in [0.5, 0.6) is 0 Å². The average molecular weight is 227 g/mol. The Bertz CT molecular complexity index is 230. The molecule has 1 fully saturated rings. The fourth-order valence-corrected chi connectivity index (χ4v) is 2.40. The summed E-state index contributed by atoms with van der Waals surface area (Å²) in [4.78, 5) is 14.0. The van der Waals surface area contributed by atoms with Crippen LogP contribution in [-0.2, 0) is 9.53 Å². The molecule has 1 saturated carbocycles. The lowest BCUT2D eigenvalue weighted by atomic mass is 9.81. The highest BCUT2D eigenvalue weighted by Gasteiger charge is 2.28. The molecular weight excluding hydrogens is 202 g/mol. The maximum atomic E-state index is 11.8. The summed E-state index contributed by atoms with van der Waals surface area (Å²) in [6.07, 6.45) is 2.91. The van der Waals surface area contributed by atoms with Crippen molar-refractivity contribution in [3.8, 4) is 0 Å². The van der Waals surface area contributed by atoms with Crippen LogP contribution >= 0.6 is 0 Å². The summed E-state index contributed by atoms with van der Waals surface area (Å²) in [5, 5.41) is 0. The van der Waals surface area contributed by atoms with Crippen LogP contribution in [0.25, 0.3) is 0 Å². The van der Waals surface area contributed by atoms with Crippen LogP contribution < -0.4 is 0 Å². The molecule has 0 aromatic carbocycles. The number of carbonyl (C=O) groups is 1. The van der Waals surface area contributed by atoms with Crippen LogP contribution in [0.4, 0.5) is 0 Å². The third kappa shape index (κ3) is 3.87. The zero-order valence-electron chi connectivity index (χ0n) is 11.0. The van der Waals surface area contributed by atoms with E-state index < -0.39 is 0 Å². The lowest BCUT2D eigenvalue weighted by Gasteiger charge is -2.31. The number of nitrogens with zero attached hydrogens (tertiary/aromatic N) is 1. The molecule has 0 radical (unpaired) electrons. The number of ketones is 1. The molecule has 16 heavy (non-hydrogen) atoms. The first-order valence-corrected chi connectivity index (χ1v) is 6.26. The molecule has 0 N–H and O–H groups in total. The van der Waals surface area contributed by atoms with Gasteiger partial charge in [0.2, 0.25) is 0 Å². The Balaban J connectivity index is 2.42. The van der Waals surface area contributed by atoms with Crippen LogP contribution in [0.3, 0.4) is 0 Å². The maximum absolute atomic E-state index is 11.8. The lowest BCUT2D eigenvalue weighted by Crippen LogP contribution is -2.40. The molecule has 1 aliphatic rings. The summed E-state index contributed by atoms with van der Waals surface area (Å²) in [5.41, 5.74) is 0. The van der Waals surface area contributed by atoms with Gasteiger partial charge in [-0.15, -0.1) is 0 Å². The fourth-order valence-electron chi connectivity index (χ4n) is 2.40. The SMILES string of the molecule is COCC(C)N(C)CC1CC(C)CCC1=O.